The molecule has 4 atom stereocenters. The number of hydrogen-bond acceptors (Lipinski definition) is 8. The lowest BCUT2D eigenvalue weighted by atomic mass is 9.83. The van der Waals surface area contributed by atoms with Gasteiger partial charge in [-0.25, -0.2) is 0 Å². The highest BCUT2D eigenvalue weighted by Crippen LogP contribution is 2.33. The average Bonchev–Trinajstić information content (AvgIpc) is 3.58. The molecular weight excluding hydrogens is 548 g/mol. The molecule has 2 aromatic carbocycles. The Morgan fingerprint density at radius 2 is 1.70 bits per heavy atom. The second-order valence-corrected chi connectivity index (χ2v) is 12.0. The summed E-state index contributed by atoms with van der Waals surface area (Å²) in [4.78, 5) is 55.5. The van der Waals surface area contributed by atoms with Gasteiger partial charge in [-0.05, 0) is 49.1 Å². The summed E-state index contributed by atoms with van der Waals surface area (Å²) in [5.74, 6) is -1.92. The molecule has 43 heavy (non-hydrogen) atoms. The van der Waals surface area contributed by atoms with Crippen LogP contribution in [-0.2, 0) is 41.5 Å². The van der Waals surface area contributed by atoms with E-state index in [0.29, 0.717) is 39.3 Å². The topological polar surface area (TPSA) is 118 Å². The molecule has 2 saturated heterocycles. The molecule has 9 nitrogen and oxygen atoms in total. The smallest absolute Gasteiger partial charge is 0.223 e. The predicted molar refractivity (Wildman–Crippen MR) is 161 cm³/mol. The van der Waals surface area contributed by atoms with E-state index in [1.165, 1.54) is 0 Å². The summed E-state index contributed by atoms with van der Waals surface area (Å²) < 4.78 is 16.3. The molecule has 0 spiro atoms. The molecule has 2 aliphatic heterocycles. The predicted octanol–water partition coefficient (Wildman–Crippen LogP) is 3.56. The lowest BCUT2D eigenvalue weighted by Gasteiger charge is -2.26. The largest absolute Gasteiger partial charge is 0.464 e. The zero-order valence-corrected chi connectivity index (χ0v) is 24.9. The van der Waals surface area contributed by atoms with Gasteiger partial charge in [0.05, 0.1) is 38.7 Å². The van der Waals surface area contributed by atoms with Crippen LogP contribution in [0.2, 0.25) is 0 Å². The number of carbonyl (C=O) groups is 4. The van der Waals surface area contributed by atoms with Crippen molar-refractivity contribution in [2.24, 2.45) is 11.8 Å². The highest BCUT2D eigenvalue weighted by molar-refractivity contribution is 5.97. The van der Waals surface area contributed by atoms with Crippen LogP contribution in [-0.4, -0.2) is 79.3 Å². The lowest BCUT2D eigenvalue weighted by molar-refractivity contribution is -0.134. The molecule has 9 heteroatoms. The molecular formula is C34H40N2O7. The minimum Gasteiger partial charge on any atom is -0.464 e. The van der Waals surface area contributed by atoms with E-state index >= 15 is 0 Å². The van der Waals surface area contributed by atoms with E-state index in [1.807, 2.05) is 59.5 Å². The summed E-state index contributed by atoms with van der Waals surface area (Å²) in [7, 11) is 0. The van der Waals surface area contributed by atoms with Gasteiger partial charge in [-0.1, -0.05) is 43.3 Å². The van der Waals surface area contributed by atoms with Crippen LogP contribution in [0.25, 0.3) is 11.0 Å². The van der Waals surface area contributed by atoms with Crippen LogP contribution in [0.1, 0.15) is 37.8 Å². The van der Waals surface area contributed by atoms with Crippen molar-refractivity contribution < 1.29 is 33.1 Å². The van der Waals surface area contributed by atoms with Gasteiger partial charge in [0.2, 0.25) is 5.91 Å². The van der Waals surface area contributed by atoms with Crippen molar-refractivity contribution in [2.75, 3.05) is 39.5 Å². The number of Topliss-reactive ketones (excluding diaryl/α,β-unsaturated/α-hetero) is 3. The normalized spacial score (nSPS) is 20.7. The van der Waals surface area contributed by atoms with Crippen molar-refractivity contribution in [3.8, 4) is 0 Å². The van der Waals surface area contributed by atoms with Crippen LogP contribution in [0.3, 0.4) is 0 Å². The number of nitrogens with zero attached hydrogens (tertiary/aromatic N) is 1. The minimum atomic E-state index is -0.875. The van der Waals surface area contributed by atoms with Gasteiger partial charge in [0, 0.05) is 43.2 Å². The number of ether oxygens (including phenoxy) is 2. The van der Waals surface area contributed by atoms with Gasteiger partial charge >= 0.3 is 0 Å². The summed E-state index contributed by atoms with van der Waals surface area (Å²) in [5, 5.41) is 3.83. The number of benzene rings is 2. The molecule has 3 aromatic rings. The maximum Gasteiger partial charge on any atom is 0.223 e. The van der Waals surface area contributed by atoms with E-state index in [1.54, 1.807) is 20.1 Å². The molecule has 1 aromatic heterocycles. The Hall–Kier alpha value is -3.66. The zero-order chi connectivity index (χ0) is 30.4. The van der Waals surface area contributed by atoms with Gasteiger partial charge in [0.25, 0.3) is 0 Å². The number of morpholine rings is 1. The van der Waals surface area contributed by atoms with E-state index < -0.39 is 23.5 Å². The first kappa shape index (κ1) is 30.8. The third-order valence-electron chi connectivity index (χ3n) is 8.39. The fourth-order valence-electron chi connectivity index (χ4n) is 5.67. The third kappa shape index (κ3) is 8.25. The molecule has 0 unspecified atom stereocenters. The SMILES string of the molecule is C[C@H](CC(=O)CN1CCOCC1)C(=O)N[C@@H](Cc1ccc2occc2c1)C(=O)C[C@@H](Cc1ccccc1)C(=O)[C@@]1(C)CO1. The number of fused-ring (bicyclic) bond motifs is 1. The van der Waals surface area contributed by atoms with Gasteiger partial charge in [-0.2, -0.15) is 0 Å². The van der Waals surface area contributed by atoms with E-state index in [-0.39, 0.29) is 49.1 Å². The number of hydrogen-bond donors (Lipinski definition) is 1. The second-order valence-electron chi connectivity index (χ2n) is 12.0. The standard InChI is InChI=1S/C34H40N2O7/c1-23(16-28(37)21-36-11-14-41-15-12-36)33(40)35-29(19-25-8-9-31-26(18-25)10-13-42-31)30(38)20-27(32(39)34(2)22-43-34)17-24-6-4-3-5-7-24/h3-10,13,18,23,27,29H,11-12,14-17,19-22H2,1-2H3,(H,35,40)/t23-,27-,29+,34-/m1/s1. The summed E-state index contributed by atoms with van der Waals surface area (Å²) in [5.41, 5.74) is 1.66. The molecule has 5 rings (SSSR count). The lowest BCUT2D eigenvalue weighted by Crippen LogP contribution is -2.46. The van der Waals surface area contributed by atoms with Crippen molar-refractivity contribution in [1.82, 2.24) is 10.2 Å². The zero-order valence-electron chi connectivity index (χ0n) is 24.9. The molecule has 228 valence electrons. The molecule has 1 N–H and O–H groups in total. The highest BCUT2D eigenvalue weighted by Gasteiger charge is 2.50. The van der Waals surface area contributed by atoms with Gasteiger partial charge in [0.1, 0.15) is 17.0 Å². The number of carbonyl (C=O) groups excluding carboxylic acids is 4. The number of amides is 1. The van der Waals surface area contributed by atoms with Crippen LogP contribution >= 0.6 is 0 Å². The maximum absolute atomic E-state index is 13.9. The van der Waals surface area contributed by atoms with E-state index in [9.17, 15) is 19.2 Å². The van der Waals surface area contributed by atoms with Crippen molar-refractivity contribution in [1.29, 1.82) is 0 Å². The Morgan fingerprint density at radius 1 is 0.953 bits per heavy atom. The first-order valence-electron chi connectivity index (χ1n) is 15.0. The average molecular weight is 589 g/mol. The molecule has 0 bridgehead atoms. The van der Waals surface area contributed by atoms with E-state index in [2.05, 4.69) is 5.32 Å². The number of ketones is 3. The molecule has 2 aliphatic rings. The number of nitrogens with one attached hydrogen (secondary N) is 1. The molecule has 2 fully saturated rings. The maximum atomic E-state index is 13.9. The Morgan fingerprint density at radius 3 is 2.42 bits per heavy atom. The molecule has 0 aliphatic carbocycles. The summed E-state index contributed by atoms with van der Waals surface area (Å²) in [6.07, 6.45) is 2.30. The Labute approximate surface area is 251 Å². The molecule has 0 radical (unpaired) electrons. The Balaban J connectivity index is 1.30. The minimum absolute atomic E-state index is 0.0240. The molecule has 3 heterocycles. The quantitative estimate of drug-likeness (QED) is 0.268. The first-order chi connectivity index (χ1) is 20.7. The first-order valence-corrected chi connectivity index (χ1v) is 15.0. The third-order valence-corrected chi connectivity index (χ3v) is 8.39. The number of furan rings is 1. The van der Waals surface area contributed by atoms with E-state index in [0.717, 1.165) is 22.1 Å². The van der Waals surface area contributed by atoms with Crippen molar-refractivity contribution in [3.05, 3.63) is 72.0 Å². The van der Waals surface area contributed by atoms with Crippen LogP contribution in [0.4, 0.5) is 0 Å². The Bertz CT molecular complexity index is 1440. The fraction of sp³-hybridized carbons (Fsp3) is 0.471. The van der Waals surface area contributed by atoms with Crippen molar-refractivity contribution >= 4 is 34.2 Å². The van der Waals surface area contributed by atoms with Gasteiger partial charge in [-0.3, -0.25) is 24.1 Å². The number of rotatable bonds is 15. The fourth-order valence-corrected chi connectivity index (χ4v) is 5.67. The van der Waals surface area contributed by atoms with Crippen molar-refractivity contribution in [3.63, 3.8) is 0 Å². The van der Waals surface area contributed by atoms with Gasteiger partial charge < -0.3 is 19.2 Å². The summed E-state index contributed by atoms with van der Waals surface area (Å²) in [6.45, 7) is 6.65. The van der Waals surface area contributed by atoms with Gasteiger partial charge in [-0.15, -0.1) is 0 Å². The van der Waals surface area contributed by atoms with Crippen LogP contribution in [0, 0.1) is 11.8 Å². The molecule has 1 amide bonds. The molecule has 0 saturated carbocycles. The van der Waals surface area contributed by atoms with Gasteiger partial charge in [0.15, 0.2) is 11.6 Å². The Kier molecular flexibility index (Phi) is 9.85. The summed E-state index contributed by atoms with van der Waals surface area (Å²) >= 11 is 0. The van der Waals surface area contributed by atoms with Crippen LogP contribution in [0.15, 0.2) is 65.3 Å². The highest BCUT2D eigenvalue weighted by atomic mass is 16.6. The van der Waals surface area contributed by atoms with Crippen LogP contribution in [0.5, 0.6) is 0 Å². The summed E-state index contributed by atoms with van der Waals surface area (Å²) in [6, 6.07) is 16.2. The number of epoxide rings is 1. The monoisotopic (exact) mass is 588 g/mol. The second kappa shape index (κ2) is 13.8. The van der Waals surface area contributed by atoms with E-state index in [4.69, 9.17) is 13.9 Å². The van der Waals surface area contributed by atoms with Crippen LogP contribution < -0.4 is 5.32 Å². The van der Waals surface area contributed by atoms with Crippen molar-refractivity contribution in [2.45, 2.75) is 51.2 Å².